The molecule has 6 rings (SSSR count). The average Bonchev–Trinajstić information content (AvgIpc) is 3.69. The van der Waals surface area contributed by atoms with Gasteiger partial charge in [0.05, 0.1) is 10.6 Å². The van der Waals surface area contributed by atoms with E-state index in [2.05, 4.69) is 30.7 Å². The number of aliphatic imine (C=N–C) groups is 1. The van der Waals surface area contributed by atoms with Crippen molar-refractivity contribution < 1.29 is 21.6 Å². The number of halogens is 5. The third-order valence-electron chi connectivity index (χ3n) is 6.67. The number of rotatable bonds is 7. The molecule has 0 aliphatic carbocycles. The number of sulfonamides is 1. The van der Waals surface area contributed by atoms with E-state index in [1.807, 2.05) is 4.90 Å². The van der Waals surface area contributed by atoms with Crippen molar-refractivity contribution in [1.29, 1.82) is 0 Å². The minimum Gasteiger partial charge on any atom is -0.326 e. The Morgan fingerprint density at radius 1 is 1.15 bits per heavy atom. The summed E-state index contributed by atoms with van der Waals surface area (Å²) in [6.45, 7) is -2.67. The van der Waals surface area contributed by atoms with Crippen molar-refractivity contribution in [3.05, 3.63) is 104 Å². The third-order valence-corrected chi connectivity index (χ3v) is 9.83. The zero-order valence-electron chi connectivity index (χ0n) is 20.8. The molecule has 8 nitrogen and oxygen atoms in total. The van der Waals surface area contributed by atoms with Crippen molar-refractivity contribution in [3.63, 3.8) is 0 Å². The zero-order valence-corrected chi connectivity index (χ0v) is 24.7. The monoisotopic (exact) mass is 682 g/mol. The molecule has 2 aromatic carbocycles. The maximum Gasteiger partial charge on any atom is 0.333 e. The lowest BCUT2D eigenvalue weighted by Gasteiger charge is -2.32. The Labute approximate surface area is 250 Å². The van der Waals surface area contributed by atoms with Crippen LogP contribution in [0.5, 0.6) is 0 Å². The summed E-state index contributed by atoms with van der Waals surface area (Å²) in [5.41, 5.74) is 1.74. The van der Waals surface area contributed by atoms with Crippen molar-refractivity contribution >= 4 is 60.3 Å². The molecule has 4 aromatic rings. The van der Waals surface area contributed by atoms with E-state index in [1.165, 1.54) is 41.7 Å². The molecule has 2 aliphatic heterocycles. The number of benzene rings is 2. The van der Waals surface area contributed by atoms with Gasteiger partial charge in [-0.05, 0) is 42.5 Å². The quantitative estimate of drug-likeness (QED) is 0.249. The largest absolute Gasteiger partial charge is 0.333 e. The van der Waals surface area contributed by atoms with Crippen LogP contribution in [0.4, 0.5) is 13.2 Å². The van der Waals surface area contributed by atoms with Crippen LogP contribution in [0, 0.1) is 5.82 Å². The van der Waals surface area contributed by atoms with Gasteiger partial charge in [0, 0.05) is 63.1 Å². The summed E-state index contributed by atoms with van der Waals surface area (Å²) in [4.78, 5) is 11.3. The average molecular weight is 684 g/mol. The summed E-state index contributed by atoms with van der Waals surface area (Å²) in [6, 6.07) is 10.1. The predicted octanol–water partition coefficient (Wildman–Crippen LogP) is 6.26. The number of nitrogens with zero attached hydrogens (tertiary/aromatic N) is 5. The molecule has 0 amide bonds. The summed E-state index contributed by atoms with van der Waals surface area (Å²) in [7, 11) is -3.90. The van der Waals surface area contributed by atoms with Crippen LogP contribution in [0.1, 0.15) is 35.3 Å². The number of hydrogen-bond acceptors (Lipinski definition) is 7. The van der Waals surface area contributed by atoms with Gasteiger partial charge in [0.25, 0.3) is 0 Å². The second-order valence-corrected chi connectivity index (χ2v) is 13.2. The highest BCUT2D eigenvalue weighted by atomic mass is 79.9. The van der Waals surface area contributed by atoms with Gasteiger partial charge in [0.1, 0.15) is 11.9 Å². The Morgan fingerprint density at radius 3 is 2.59 bits per heavy atom. The molecule has 0 spiro atoms. The number of thiazole rings is 1. The van der Waals surface area contributed by atoms with Crippen molar-refractivity contribution in [2.24, 2.45) is 4.99 Å². The number of alkyl halides is 2. The fourth-order valence-corrected chi connectivity index (χ4v) is 7.34. The van der Waals surface area contributed by atoms with E-state index in [1.54, 1.807) is 23.7 Å². The molecule has 1 fully saturated rings. The van der Waals surface area contributed by atoms with Crippen LogP contribution < -0.4 is 4.72 Å². The molecule has 2 aromatic heterocycles. The Balaban J connectivity index is 1.48. The van der Waals surface area contributed by atoms with E-state index in [0.29, 0.717) is 32.4 Å². The first-order chi connectivity index (χ1) is 19.6. The molecule has 1 N–H and O–H groups in total. The van der Waals surface area contributed by atoms with Gasteiger partial charge >= 0.3 is 6.55 Å². The molecule has 0 bridgehead atoms. The van der Waals surface area contributed by atoms with Crippen LogP contribution in [-0.4, -0.2) is 46.5 Å². The Hall–Kier alpha value is -3.04. The van der Waals surface area contributed by atoms with Gasteiger partial charge < -0.3 is 4.90 Å². The second kappa shape index (κ2) is 11.0. The smallest absolute Gasteiger partial charge is 0.326 e. The van der Waals surface area contributed by atoms with Gasteiger partial charge in [-0.1, -0.05) is 33.6 Å². The molecule has 2 aliphatic rings. The first-order valence-electron chi connectivity index (χ1n) is 12.2. The molecule has 0 unspecified atom stereocenters. The lowest BCUT2D eigenvalue weighted by atomic mass is 9.92. The van der Waals surface area contributed by atoms with Gasteiger partial charge in [-0.25, -0.2) is 27.2 Å². The summed E-state index contributed by atoms with van der Waals surface area (Å²) in [6.07, 6.45) is 2.98. The molecule has 15 heteroatoms. The molecule has 2 atom stereocenters. The van der Waals surface area contributed by atoms with E-state index in [0.717, 1.165) is 16.7 Å². The van der Waals surface area contributed by atoms with Gasteiger partial charge in [0.15, 0.2) is 10.8 Å². The minimum absolute atomic E-state index is 0.0974. The summed E-state index contributed by atoms with van der Waals surface area (Å²) in [5.74, 6) is -0.0810. The van der Waals surface area contributed by atoms with Crippen LogP contribution in [0.3, 0.4) is 0 Å². The molecule has 212 valence electrons. The van der Waals surface area contributed by atoms with Crippen LogP contribution >= 0.6 is 38.9 Å². The molecule has 41 heavy (non-hydrogen) atoms. The SMILES string of the molecule is O=S(=O)(N[C@H]1CC2=C(c3ccn(C(F)F)n3)[C@H](c3ccc(F)cc3Cl)N=C(c3nccs3)N2C1)c1ccc(Br)cc1. The van der Waals surface area contributed by atoms with Crippen LogP contribution in [0.25, 0.3) is 5.57 Å². The van der Waals surface area contributed by atoms with Crippen LogP contribution in [-0.2, 0) is 10.0 Å². The zero-order chi connectivity index (χ0) is 28.9. The lowest BCUT2D eigenvalue weighted by Crippen LogP contribution is -2.39. The topological polar surface area (TPSA) is 92.5 Å². The molecule has 1 saturated heterocycles. The highest BCUT2D eigenvalue weighted by Gasteiger charge is 2.42. The first kappa shape index (κ1) is 28.1. The number of hydrogen-bond donors (Lipinski definition) is 1. The summed E-state index contributed by atoms with van der Waals surface area (Å²) in [5, 5.41) is 6.55. The van der Waals surface area contributed by atoms with E-state index in [4.69, 9.17) is 16.6 Å². The highest BCUT2D eigenvalue weighted by molar-refractivity contribution is 9.10. The molecule has 0 saturated carbocycles. The summed E-state index contributed by atoms with van der Waals surface area (Å²) >= 11 is 11.1. The van der Waals surface area contributed by atoms with Gasteiger partial charge in [-0.15, -0.1) is 11.3 Å². The maximum atomic E-state index is 14.0. The lowest BCUT2D eigenvalue weighted by molar-refractivity contribution is 0.0564. The van der Waals surface area contributed by atoms with Crippen molar-refractivity contribution in [3.8, 4) is 0 Å². The number of amidine groups is 1. The van der Waals surface area contributed by atoms with Crippen molar-refractivity contribution in [2.75, 3.05) is 6.54 Å². The number of fused-ring (bicyclic) bond motifs is 1. The van der Waals surface area contributed by atoms with E-state index in [-0.39, 0.29) is 28.6 Å². The van der Waals surface area contributed by atoms with E-state index < -0.39 is 34.5 Å². The molecule has 0 radical (unpaired) electrons. The van der Waals surface area contributed by atoms with Gasteiger partial charge in [-0.2, -0.15) is 13.9 Å². The normalized spacial score (nSPS) is 19.2. The van der Waals surface area contributed by atoms with E-state index in [9.17, 15) is 21.6 Å². The molecular formula is C26H19BrClF3N6O2S2. The number of aromatic nitrogens is 3. The van der Waals surface area contributed by atoms with Crippen molar-refractivity contribution in [2.45, 2.75) is 29.9 Å². The van der Waals surface area contributed by atoms with Crippen LogP contribution in [0.2, 0.25) is 5.02 Å². The Kier molecular flexibility index (Phi) is 7.53. The van der Waals surface area contributed by atoms with Crippen molar-refractivity contribution in [1.82, 2.24) is 24.4 Å². The molecular weight excluding hydrogens is 665 g/mol. The predicted molar refractivity (Wildman–Crippen MR) is 153 cm³/mol. The maximum absolute atomic E-state index is 14.0. The molecule has 4 heterocycles. The Morgan fingerprint density at radius 2 is 1.93 bits per heavy atom. The van der Waals surface area contributed by atoms with Gasteiger partial charge in [-0.3, -0.25) is 4.99 Å². The minimum atomic E-state index is -3.90. The highest BCUT2D eigenvalue weighted by Crippen LogP contribution is 2.46. The summed E-state index contributed by atoms with van der Waals surface area (Å²) < 4.78 is 71.6. The fourth-order valence-electron chi connectivity index (χ4n) is 4.93. The van der Waals surface area contributed by atoms with E-state index >= 15 is 0 Å². The first-order valence-corrected chi connectivity index (χ1v) is 15.7. The van der Waals surface area contributed by atoms with Crippen LogP contribution in [0.15, 0.2) is 86.4 Å². The standard InChI is InChI=1S/C26H19BrClF3N6O2S2/c27-14-1-4-17(5-2-14)41(38,39)35-16-12-21-22(20-7-9-37(34-20)26(30)31)23(18-6-3-15(29)11-19(18)28)33-24(36(21)13-16)25-32-8-10-40-25/h1-11,16,23,26,35H,12-13H2/t16-,23-/m0/s1. The van der Waals surface area contributed by atoms with Gasteiger partial charge in [0.2, 0.25) is 10.0 Å². The Bertz CT molecular complexity index is 1780. The number of nitrogens with one attached hydrogen (secondary N) is 1. The fraction of sp³-hybridized carbons (Fsp3) is 0.192. The second-order valence-electron chi connectivity index (χ2n) is 9.26. The third kappa shape index (κ3) is 5.46.